The molecule has 7 nitrogen and oxygen atoms in total. The van der Waals surface area contributed by atoms with Crippen molar-refractivity contribution in [1.82, 2.24) is 19.9 Å². The highest BCUT2D eigenvalue weighted by atomic mass is 35.5. The van der Waals surface area contributed by atoms with Gasteiger partial charge >= 0.3 is 0 Å². The number of halogens is 2. The Labute approximate surface area is 169 Å². The maximum Gasteiger partial charge on any atom is 0.182 e. The lowest BCUT2D eigenvalue weighted by Gasteiger charge is -2.30. The average molecular weight is 408 g/mol. The molecule has 5 rings (SSSR count). The third-order valence-electron chi connectivity index (χ3n) is 4.71. The molecule has 0 saturated heterocycles. The average Bonchev–Trinajstić information content (AvgIpc) is 3.22. The third kappa shape index (κ3) is 3.17. The molecule has 0 aliphatic carbocycles. The molecule has 0 radical (unpaired) electrons. The van der Waals surface area contributed by atoms with E-state index in [0.717, 1.165) is 10.6 Å². The Morgan fingerprint density at radius 1 is 1.10 bits per heavy atom. The van der Waals surface area contributed by atoms with Crippen molar-refractivity contribution in [2.45, 2.75) is 6.17 Å². The minimum absolute atomic E-state index is 0.336. The van der Waals surface area contributed by atoms with E-state index in [1.807, 2.05) is 18.3 Å². The van der Waals surface area contributed by atoms with Gasteiger partial charge in [-0.15, -0.1) is 0 Å². The van der Waals surface area contributed by atoms with E-state index in [2.05, 4.69) is 25.3 Å². The molecule has 3 heterocycles. The second-order valence-corrected chi connectivity index (χ2v) is 6.88. The van der Waals surface area contributed by atoms with E-state index in [1.165, 1.54) is 12.4 Å². The van der Waals surface area contributed by atoms with Crippen molar-refractivity contribution in [1.29, 1.82) is 0 Å². The van der Waals surface area contributed by atoms with Gasteiger partial charge in [0.2, 0.25) is 0 Å². The van der Waals surface area contributed by atoms with Crippen molar-refractivity contribution in [3.05, 3.63) is 76.5 Å². The number of aromatic amines is 1. The van der Waals surface area contributed by atoms with Gasteiger partial charge in [-0.1, -0.05) is 29.8 Å². The number of anilines is 2. The number of aromatic nitrogens is 4. The molecule has 144 valence electrons. The molecule has 0 bridgehead atoms. The van der Waals surface area contributed by atoms with Crippen LogP contribution in [0.5, 0.6) is 0 Å². The number of hydrogen-bond donors (Lipinski definition) is 2. The summed E-state index contributed by atoms with van der Waals surface area (Å²) in [6.45, 7) is 0.377. The number of rotatable bonds is 4. The fourth-order valence-corrected chi connectivity index (χ4v) is 3.55. The number of benzene rings is 2. The molecule has 2 N–H and O–H groups in total. The number of imidazole rings is 1. The topological polar surface area (TPSA) is 82.1 Å². The highest BCUT2D eigenvalue weighted by Crippen LogP contribution is 2.24. The van der Waals surface area contributed by atoms with E-state index in [0.29, 0.717) is 34.2 Å². The molecule has 0 saturated carbocycles. The van der Waals surface area contributed by atoms with Gasteiger partial charge in [-0.2, -0.15) is 0 Å². The summed E-state index contributed by atoms with van der Waals surface area (Å²) in [5.41, 5.74) is 1.69. The fourth-order valence-electron chi connectivity index (χ4n) is 3.34. The highest BCUT2D eigenvalue weighted by Gasteiger charge is 2.22. The van der Waals surface area contributed by atoms with Gasteiger partial charge in [0.15, 0.2) is 11.5 Å². The number of H-pyrrole nitrogens is 1. The molecule has 2 aromatic heterocycles. The predicted molar refractivity (Wildman–Crippen MR) is 110 cm³/mol. The zero-order valence-corrected chi connectivity index (χ0v) is 15.8. The normalized spacial score (nSPS) is 15.5. The summed E-state index contributed by atoms with van der Waals surface area (Å²) in [5, 5.41) is 5.35. The van der Waals surface area contributed by atoms with Gasteiger partial charge in [0.1, 0.15) is 23.8 Å². The summed E-state index contributed by atoms with van der Waals surface area (Å²) in [7, 11) is 0. The molecule has 29 heavy (non-hydrogen) atoms. The van der Waals surface area contributed by atoms with Crippen molar-refractivity contribution >= 4 is 40.5 Å². The van der Waals surface area contributed by atoms with Crippen LogP contribution >= 0.6 is 11.6 Å². The van der Waals surface area contributed by atoms with Crippen LogP contribution in [0.25, 0.3) is 17.4 Å². The summed E-state index contributed by atoms with van der Waals surface area (Å²) >= 11 is 6.35. The second-order valence-electron chi connectivity index (χ2n) is 6.47. The smallest absolute Gasteiger partial charge is 0.182 e. The Balaban J connectivity index is 1.55. The molecular weight excluding hydrogens is 393 g/mol. The Kier molecular flexibility index (Phi) is 4.33. The Bertz CT molecular complexity index is 1320. The second kappa shape index (κ2) is 7.14. The molecule has 1 aliphatic heterocycles. The number of nitrogens with one attached hydrogen (secondary N) is 2. The lowest BCUT2D eigenvalue weighted by molar-refractivity contribution is 0.610. The van der Waals surface area contributed by atoms with Gasteiger partial charge < -0.3 is 15.2 Å². The summed E-state index contributed by atoms with van der Waals surface area (Å²) < 4.78 is 14.6. The number of hydrogen-bond acceptors (Lipinski definition) is 6. The van der Waals surface area contributed by atoms with Crippen molar-refractivity contribution < 1.29 is 4.39 Å². The van der Waals surface area contributed by atoms with Gasteiger partial charge in [0.05, 0.1) is 28.9 Å². The van der Waals surface area contributed by atoms with E-state index in [-0.39, 0.29) is 5.82 Å². The molecule has 4 aromatic rings. The molecule has 1 unspecified atom stereocenters. The van der Waals surface area contributed by atoms with E-state index in [1.54, 1.807) is 35.5 Å². The zero-order valence-electron chi connectivity index (χ0n) is 15.0. The van der Waals surface area contributed by atoms with Crippen LogP contribution in [-0.2, 0) is 0 Å². The first kappa shape index (κ1) is 17.6. The SMILES string of the molecule is Fc1ccccc1N1C=c2c(Cl)cccc2=NC1CNc1ncnc2nc[nH]c12. The van der Waals surface area contributed by atoms with Crippen molar-refractivity contribution in [3.8, 4) is 0 Å². The van der Waals surface area contributed by atoms with E-state index < -0.39 is 6.17 Å². The lowest BCUT2D eigenvalue weighted by Crippen LogP contribution is -2.45. The quantitative estimate of drug-likeness (QED) is 0.543. The van der Waals surface area contributed by atoms with Crippen LogP contribution in [-0.4, -0.2) is 32.6 Å². The first-order chi connectivity index (χ1) is 14.2. The van der Waals surface area contributed by atoms with Crippen LogP contribution in [0, 0.1) is 5.82 Å². The minimum Gasteiger partial charge on any atom is -0.364 e. The Morgan fingerprint density at radius 2 is 2.00 bits per heavy atom. The monoisotopic (exact) mass is 407 g/mol. The molecule has 2 aromatic carbocycles. The molecular formula is C20H15ClFN7. The molecule has 0 fully saturated rings. The highest BCUT2D eigenvalue weighted by molar-refractivity contribution is 6.30. The van der Waals surface area contributed by atoms with Crippen molar-refractivity contribution in [2.75, 3.05) is 16.8 Å². The predicted octanol–water partition coefficient (Wildman–Crippen LogP) is 2.46. The van der Waals surface area contributed by atoms with Crippen molar-refractivity contribution in [2.24, 2.45) is 4.99 Å². The standard InChI is InChI=1S/C20H15ClFN7/c21-13-4-3-6-15-12(13)9-29(16-7-2-1-5-14(16)22)17(28-15)8-23-19-18-20(25-10-24-18)27-11-26-19/h1-7,9-11,17H,8H2,(H2,23,24,25,26,27). The third-order valence-corrected chi connectivity index (χ3v) is 5.04. The maximum atomic E-state index is 14.6. The van der Waals surface area contributed by atoms with E-state index >= 15 is 0 Å². The first-order valence-corrected chi connectivity index (χ1v) is 9.33. The van der Waals surface area contributed by atoms with Gasteiger partial charge in [-0.25, -0.2) is 19.3 Å². The molecule has 0 amide bonds. The van der Waals surface area contributed by atoms with E-state index in [9.17, 15) is 4.39 Å². The van der Waals surface area contributed by atoms with Gasteiger partial charge in [0.25, 0.3) is 0 Å². The summed E-state index contributed by atoms with van der Waals surface area (Å²) in [5.74, 6) is 0.269. The lowest BCUT2D eigenvalue weighted by atomic mass is 10.2. The summed E-state index contributed by atoms with van der Waals surface area (Å²) in [6, 6.07) is 12.1. The summed E-state index contributed by atoms with van der Waals surface area (Å²) in [6.07, 6.45) is 4.43. The van der Waals surface area contributed by atoms with Crippen LogP contribution in [0.4, 0.5) is 15.9 Å². The van der Waals surface area contributed by atoms with Gasteiger partial charge in [-0.3, -0.25) is 4.99 Å². The van der Waals surface area contributed by atoms with Crippen LogP contribution in [0.1, 0.15) is 0 Å². The fraction of sp³-hybridized carbons (Fsp3) is 0.100. The van der Waals surface area contributed by atoms with Crippen LogP contribution in [0.2, 0.25) is 5.02 Å². The molecule has 0 spiro atoms. The molecule has 1 atom stereocenters. The molecule has 9 heteroatoms. The van der Waals surface area contributed by atoms with Gasteiger partial charge in [0, 0.05) is 11.4 Å². The van der Waals surface area contributed by atoms with Crippen molar-refractivity contribution in [3.63, 3.8) is 0 Å². The number of nitrogens with zero attached hydrogens (tertiary/aromatic N) is 5. The van der Waals surface area contributed by atoms with Crippen LogP contribution in [0.3, 0.4) is 0 Å². The summed E-state index contributed by atoms with van der Waals surface area (Å²) in [4.78, 5) is 22.1. The minimum atomic E-state index is -0.411. The Hall–Kier alpha value is -3.52. The van der Waals surface area contributed by atoms with Crippen LogP contribution in [0.15, 0.2) is 60.1 Å². The number of para-hydroxylation sites is 1. The van der Waals surface area contributed by atoms with Gasteiger partial charge in [-0.05, 0) is 24.3 Å². The van der Waals surface area contributed by atoms with Crippen LogP contribution < -0.4 is 20.8 Å². The largest absolute Gasteiger partial charge is 0.364 e. The first-order valence-electron chi connectivity index (χ1n) is 8.96. The van der Waals surface area contributed by atoms with E-state index in [4.69, 9.17) is 16.6 Å². The Morgan fingerprint density at radius 3 is 2.90 bits per heavy atom. The molecule has 1 aliphatic rings. The number of fused-ring (bicyclic) bond motifs is 2. The zero-order chi connectivity index (χ0) is 19.8. The maximum absolute atomic E-state index is 14.6.